The summed E-state index contributed by atoms with van der Waals surface area (Å²) in [5, 5.41) is 0. The third-order valence-electron chi connectivity index (χ3n) is 2.81. The quantitative estimate of drug-likeness (QED) is 0.470. The van der Waals surface area contributed by atoms with Gasteiger partial charge in [0.1, 0.15) is 0 Å². The van der Waals surface area contributed by atoms with Crippen LogP contribution >= 0.6 is 0 Å². The molecule has 0 amide bonds. The van der Waals surface area contributed by atoms with Crippen LogP contribution < -0.4 is 0 Å². The van der Waals surface area contributed by atoms with Crippen LogP contribution in [0.1, 0.15) is 42.3 Å². The molecule has 0 aliphatic rings. The summed E-state index contributed by atoms with van der Waals surface area (Å²) in [6, 6.07) is 14.2. The van der Waals surface area contributed by atoms with E-state index in [0.29, 0.717) is 0 Å². The summed E-state index contributed by atoms with van der Waals surface area (Å²) in [6.07, 6.45) is 2.11. The zero-order valence-corrected chi connectivity index (χ0v) is 12.3. The fraction of sp³-hybridized carbons (Fsp3) is 0.312. The Morgan fingerprint density at radius 1 is 1.11 bits per heavy atom. The maximum absolute atomic E-state index is 10.9. The molecule has 0 saturated heterocycles. The molecule has 104 valence electrons. The third kappa shape index (κ3) is 5.03. The van der Waals surface area contributed by atoms with Gasteiger partial charge in [-0.05, 0) is 0 Å². The molecular weight excluding hydrogens is 264 g/mol. The number of rotatable bonds is 3. The van der Waals surface area contributed by atoms with Crippen molar-refractivity contribution in [2.45, 2.75) is 33.6 Å². The Bertz CT molecular complexity index is 437. The van der Waals surface area contributed by atoms with E-state index in [1.807, 2.05) is 18.2 Å². The van der Waals surface area contributed by atoms with E-state index in [4.69, 9.17) is 0 Å². The average molecular weight is 284 g/mol. The Labute approximate surface area is 120 Å². The second-order valence-electron chi connectivity index (χ2n) is 4.02. The maximum Gasteiger partial charge on any atom is 0 e. The minimum Gasteiger partial charge on any atom is -0.757 e. The van der Waals surface area contributed by atoms with Gasteiger partial charge in [-0.1, -0.05) is 20.3 Å². The summed E-state index contributed by atoms with van der Waals surface area (Å²) in [6.45, 7) is 5.82. The first kappa shape index (κ1) is 16.9. The van der Waals surface area contributed by atoms with E-state index in [-0.39, 0.29) is 22.9 Å². The molecule has 2 rings (SSSR count). The van der Waals surface area contributed by atoms with Gasteiger partial charge in [-0.2, -0.15) is 24.1 Å². The minimum atomic E-state index is 0. The monoisotopic (exact) mass is 284 g/mol. The molecule has 2 aromatic rings. The predicted molar refractivity (Wildman–Crippen MR) is 72.8 cm³/mol. The number of Topliss-reactive ketones (excluding diaryl/α,β-unsaturated/α-hetero) is 1. The smallest absolute Gasteiger partial charge is 0 e. The molecule has 0 radical (unpaired) electrons. The third-order valence-corrected chi connectivity index (χ3v) is 2.81. The summed E-state index contributed by atoms with van der Waals surface area (Å²) >= 11 is 0. The number of ketones is 1. The molecule has 2 aromatic carbocycles. The summed E-state index contributed by atoms with van der Waals surface area (Å²) in [7, 11) is 0. The van der Waals surface area contributed by atoms with Gasteiger partial charge < -0.3 is 34.1 Å². The summed E-state index contributed by atoms with van der Waals surface area (Å²) < 4.78 is 0. The van der Waals surface area contributed by atoms with Crippen molar-refractivity contribution >= 4 is 5.78 Å². The molecule has 1 nitrogen and oxygen atoms in total. The molecule has 0 aromatic heterocycles. The topological polar surface area (TPSA) is 17.1 Å². The van der Waals surface area contributed by atoms with E-state index in [1.54, 1.807) is 6.92 Å². The standard InChI is InChI=1S/C9H11O.C7H9.Fe/c1-3-8-5-4-6-9(8)7(2)10;1-2-7-5-3-4-6-7;/h4-6H,3H2,1-2H3;3-6H,2H2,1H3;/q-5;-1;. The van der Waals surface area contributed by atoms with Crippen LogP contribution in [0.25, 0.3) is 0 Å². The number of hydrogen-bond acceptors (Lipinski definition) is 1. The first-order chi connectivity index (χ1) is 8.19. The van der Waals surface area contributed by atoms with Gasteiger partial charge in [0.2, 0.25) is 0 Å². The first-order valence-corrected chi connectivity index (χ1v) is 6.15. The van der Waals surface area contributed by atoms with Crippen LogP contribution in [-0.4, -0.2) is 5.78 Å². The largest absolute Gasteiger partial charge is 0.757 e. The number of carbonyl (C=O) groups is 1. The molecule has 0 unspecified atom stereocenters. The van der Waals surface area contributed by atoms with Crippen LogP contribution in [0.2, 0.25) is 0 Å². The maximum atomic E-state index is 10.9. The SMILES string of the molecule is CC[c-]1[cH-][cH-][cH-][c-]1C(C)=O.CC[c-]1cccc1.[Fe]. The zero-order valence-electron chi connectivity index (χ0n) is 11.2. The molecule has 0 aliphatic heterocycles. The number of carbonyl (C=O) groups excluding carboxylic acids is 1. The molecule has 0 aliphatic carbocycles. The fourth-order valence-electron chi connectivity index (χ4n) is 1.76. The van der Waals surface area contributed by atoms with Gasteiger partial charge in [-0.15, -0.1) is 6.92 Å². The summed E-state index contributed by atoms with van der Waals surface area (Å²) in [5.41, 5.74) is 3.47. The van der Waals surface area contributed by atoms with E-state index >= 15 is 0 Å². The molecule has 2 heteroatoms. The second kappa shape index (κ2) is 8.90. The van der Waals surface area contributed by atoms with Crippen LogP contribution in [0.3, 0.4) is 0 Å². The van der Waals surface area contributed by atoms with Crippen molar-refractivity contribution in [3.05, 3.63) is 59.2 Å². The number of aryl methyl sites for hydroxylation is 2. The van der Waals surface area contributed by atoms with E-state index in [9.17, 15) is 4.79 Å². The summed E-state index contributed by atoms with van der Waals surface area (Å²) in [5.74, 6) is 0.168. The molecule has 18 heavy (non-hydrogen) atoms. The van der Waals surface area contributed by atoms with Crippen LogP contribution in [0.5, 0.6) is 0 Å². The van der Waals surface area contributed by atoms with Crippen molar-refractivity contribution in [1.29, 1.82) is 0 Å². The Hall–Kier alpha value is -1.11. The molecular formula is C16H20FeO-6. The van der Waals surface area contributed by atoms with Crippen molar-refractivity contribution in [3.8, 4) is 0 Å². The molecule has 0 spiro atoms. The van der Waals surface area contributed by atoms with Crippen molar-refractivity contribution in [2.24, 2.45) is 0 Å². The fourth-order valence-corrected chi connectivity index (χ4v) is 1.76. The Morgan fingerprint density at radius 3 is 2.06 bits per heavy atom. The predicted octanol–water partition coefficient (Wildman–Crippen LogP) is 4.14. The molecule has 0 fully saturated rings. The van der Waals surface area contributed by atoms with Crippen LogP contribution in [-0.2, 0) is 29.9 Å². The molecule has 0 heterocycles. The van der Waals surface area contributed by atoms with E-state index in [0.717, 1.165) is 24.0 Å². The van der Waals surface area contributed by atoms with Crippen molar-refractivity contribution in [1.82, 2.24) is 0 Å². The van der Waals surface area contributed by atoms with Crippen LogP contribution in [0, 0.1) is 0 Å². The molecule has 0 N–H and O–H groups in total. The Balaban J connectivity index is 0.000000321. The molecule has 0 atom stereocenters. The van der Waals surface area contributed by atoms with Gasteiger partial charge in [0.05, 0.1) is 0 Å². The second-order valence-corrected chi connectivity index (χ2v) is 4.02. The van der Waals surface area contributed by atoms with Crippen LogP contribution in [0.4, 0.5) is 0 Å². The van der Waals surface area contributed by atoms with E-state index in [1.165, 1.54) is 5.56 Å². The van der Waals surface area contributed by atoms with Crippen LogP contribution in [0.15, 0.2) is 42.5 Å². The summed E-state index contributed by atoms with van der Waals surface area (Å²) in [4.78, 5) is 10.9. The number of hydrogen-bond donors (Lipinski definition) is 0. The van der Waals surface area contributed by atoms with Gasteiger partial charge in [0.15, 0.2) is 0 Å². The Kier molecular flexibility index (Phi) is 8.36. The van der Waals surface area contributed by atoms with Crippen molar-refractivity contribution in [3.63, 3.8) is 0 Å². The van der Waals surface area contributed by atoms with Gasteiger partial charge >= 0.3 is 0 Å². The normalized spacial score (nSPS) is 9.06. The van der Waals surface area contributed by atoms with Crippen molar-refractivity contribution in [2.75, 3.05) is 0 Å². The average Bonchev–Trinajstić information content (AvgIpc) is 3.00. The Morgan fingerprint density at radius 2 is 1.72 bits per heavy atom. The van der Waals surface area contributed by atoms with Gasteiger partial charge in [0.25, 0.3) is 0 Å². The van der Waals surface area contributed by atoms with E-state index < -0.39 is 0 Å². The van der Waals surface area contributed by atoms with Crippen molar-refractivity contribution < 1.29 is 21.9 Å². The minimum absolute atomic E-state index is 0. The van der Waals surface area contributed by atoms with Gasteiger partial charge in [-0.3, -0.25) is 5.78 Å². The van der Waals surface area contributed by atoms with E-state index in [2.05, 4.69) is 38.1 Å². The first-order valence-electron chi connectivity index (χ1n) is 6.15. The van der Waals surface area contributed by atoms with Gasteiger partial charge in [0, 0.05) is 17.1 Å². The molecule has 0 saturated carbocycles. The zero-order chi connectivity index (χ0) is 12.7. The molecule has 0 bridgehead atoms. The van der Waals surface area contributed by atoms with Gasteiger partial charge in [-0.25, -0.2) is 12.1 Å².